The molecule has 12 heavy (non-hydrogen) atoms. The molecule has 6 heteroatoms. The van der Waals surface area contributed by atoms with E-state index in [1.165, 1.54) is 0 Å². The van der Waals surface area contributed by atoms with Crippen molar-refractivity contribution in [2.24, 2.45) is 5.73 Å². The summed E-state index contributed by atoms with van der Waals surface area (Å²) in [4.78, 5) is 9.82. The molecule has 0 bridgehead atoms. The minimum absolute atomic E-state index is 0.218. The average Bonchev–Trinajstić information content (AvgIpc) is 1.87. The van der Waals surface area contributed by atoms with E-state index in [4.69, 9.17) is 5.73 Å². The van der Waals surface area contributed by atoms with E-state index >= 15 is 0 Å². The molecule has 0 fully saturated rings. The highest BCUT2D eigenvalue weighted by Crippen LogP contribution is 1.78. The van der Waals surface area contributed by atoms with Crippen LogP contribution in [0.15, 0.2) is 12.2 Å². The summed E-state index contributed by atoms with van der Waals surface area (Å²) in [6, 6.07) is 0. The van der Waals surface area contributed by atoms with E-state index in [0.29, 0.717) is 5.57 Å². The third kappa shape index (κ3) is 16.1. The van der Waals surface area contributed by atoms with Crippen molar-refractivity contribution >= 4 is 17.3 Å². The highest BCUT2D eigenvalue weighted by Gasteiger charge is 1.86. The van der Waals surface area contributed by atoms with Gasteiger partial charge in [-0.2, -0.15) is 0 Å². The Hall–Kier alpha value is -0.720. The first-order valence-electron chi connectivity index (χ1n) is 3.09. The van der Waals surface area contributed by atoms with Crippen LogP contribution in [0.1, 0.15) is 13.8 Å². The van der Waals surface area contributed by atoms with E-state index < -0.39 is 17.3 Å². The summed E-state index contributed by atoms with van der Waals surface area (Å²) in [5.41, 5.74) is 5.09. The maximum absolute atomic E-state index is 9.82. The van der Waals surface area contributed by atoms with Gasteiger partial charge in [-0.15, -0.1) is 0 Å². The average molecular weight is 194 g/mol. The molecule has 0 aliphatic heterocycles. The molecular formula is C6H12NO4S-. The molecule has 0 saturated carbocycles. The first kappa shape index (κ1) is 13.8. The van der Waals surface area contributed by atoms with Crippen molar-refractivity contribution in [3.8, 4) is 0 Å². The summed E-state index contributed by atoms with van der Waals surface area (Å²) in [5.74, 6) is -0.435. The van der Waals surface area contributed by atoms with E-state index in [2.05, 4.69) is 10.8 Å². The van der Waals surface area contributed by atoms with E-state index in [9.17, 15) is 13.6 Å². The fourth-order valence-electron chi connectivity index (χ4n) is 0.0962. The minimum atomic E-state index is -2.32. The predicted molar refractivity (Wildman–Crippen MR) is 44.6 cm³/mol. The Morgan fingerprint density at radius 2 is 2.08 bits per heavy atom. The zero-order valence-corrected chi connectivity index (χ0v) is 7.85. The van der Waals surface area contributed by atoms with Crippen LogP contribution in [-0.2, 0) is 20.3 Å². The molecule has 0 aliphatic rings. The fraction of sp³-hybridized carbons (Fsp3) is 0.500. The van der Waals surface area contributed by atoms with Gasteiger partial charge in [0.15, 0.2) is 0 Å². The fourth-order valence-corrected chi connectivity index (χ4v) is 0.289. The van der Waals surface area contributed by atoms with Crippen LogP contribution in [0.3, 0.4) is 0 Å². The molecule has 0 aromatic rings. The lowest BCUT2D eigenvalue weighted by Crippen LogP contribution is -2.10. The number of carbonyl (C=O) groups excluding carboxylic acids is 1. The first-order valence-corrected chi connectivity index (χ1v) is 4.09. The Bertz CT molecular complexity index is 168. The molecule has 0 rings (SSSR count). The topological polar surface area (TPSA) is 92.5 Å². The lowest BCUT2D eigenvalue weighted by Gasteiger charge is -1.98. The lowest BCUT2D eigenvalue weighted by molar-refractivity contribution is -0.114. The molecule has 5 nitrogen and oxygen atoms in total. The number of amides is 1. The summed E-state index contributed by atoms with van der Waals surface area (Å²) < 4.78 is 22.7. The monoisotopic (exact) mass is 194 g/mol. The van der Waals surface area contributed by atoms with Gasteiger partial charge >= 0.3 is 0 Å². The smallest absolute Gasteiger partial charge is 0.243 e. The molecule has 0 aliphatic carbocycles. The van der Waals surface area contributed by atoms with Crippen molar-refractivity contribution in [2.75, 3.05) is 6.61 Å². The number of hydrogen-bond acceptors (Lipinski definition) is 4. The molecule has 2 N–H and O–H groups in total. The summed E-state index contributed by atoms with van der Waals surface area (Å²) in [5, 5.41) is 0. The molecule has 0 radical (unpaired) electrons. The number of primary amides is 1. The molecule has 0 spiro atoms. The number of carbonyl (C=O) groups is 1. The van der Waals surface area contributed by atoms with Crippen LogP contribution in [-0.4, -0.2) is 21.3 Å². The molecule has 0 heterocycles. The predicted octanol–water partition coefficient (Wildman–Crippen LogP) is -0.135. The van der Waals surface area contributed by atoms with E-state index in [-0.39, 0.29) is 6.61 Å². The molecular weight excluding hydrogens is 182 g/mol. The van der Waals surface area contributed by atoms with Crippen LogP contribution in [0.4, 0.5) is 0 Å². The summed E-state index contributed by atoms with van der Waals surface area (Å²) in [6.45, 7) is 6.68. The maximum Gasteiger partial charge on any atom is 0.243 e. The zero-order chi connectivity index (χ0) is 10.1. The molecule has 1 unspecified atom stereocenters. The van der Waals surface area contributed by atoms with Crippen molar-refractivity contribution in [1.82, 2.24) is 0 Å². The third-order valence-corrected chi connectivity index (χ3v) is 1.06. The third-order valence-electron chi connectivity index (χ3n) is 0.635. The largest absolute Gasteiger partial charge is 0.750 e. The van der Waals surface area contributed by atoms with Crippen molar-refractivity contribution < 1.29 is 17.7 Å². The molecule has 72 valence electrons. The minimum Gasteiger partial charge on any atom is -0.750 e. The van der Waals surface area contributed by atoms with Gasteiger partial charge in [0.2, 0.25) is 5.91 Å². The zero-order valence-electron chi connectivity index (χ0n) is 7.03. The van der Waals surface area contributed by atoms with Crippen LogP contribution >= 0.6 is 0 Å². The van der Waals surface area contributed by atoms with E-state index in [0.717, 1.165) is 0 Å². The Balaban J connectivity index is 0. The van der Waals surface area contributed by atoms with Crippen molar-refractivity contribution in [3.63, 3.8) is 0 Å². The van der Waals surface area contributed by atoms with Gasteiger partial charge in [-0.05, 0) is 13.8 Å². The molecule has 0 saturated heterocycles. The Morgan fingerprint density at radius 3 is 2.08 bits per heavy atom. The normalized spacial score (nSPS) is 10.9. The molecule has 0 aromatic carbocycles. The van der Waals surface area contributed by atoms with Crippen molar-refractivity contribution in [2.45, 2.75) is 13.8 Å². The van der Waals surface area contributed by atoms with Crippen LogP contribution in [0.5, 0.6) is 0 Å². The van der Waals surface area contributed by atoms with Crippen LogP contribution in [0.2, 0.25) is 0 Å². The molecule has 1 atom stereocenters. The Labute approximate surface area is 74.1 Å². The Kier molecular flexibility index (Phi) is 9.66. The van der Waals surface area contributed by atoms with E-state index in [1.54, 1.807) is 13.8 Å². The second kappa shape index (κ2) is 8.38. The highest BCUT2D eigenvalue weighted by atomic mass is 32.2. The van der Waals surface area contributed by atoms with Gasteiger partial charge in [-0.3, -0.25) is 4.79 Å². The second-order valence-electron chi connectivity index (χ2n) is 1.76. The van der Waals surface area contributed by atoms with E-state index in [1.807, 2.05) is 0 Å². The number of nitrogens with two attached hydrogens (primary N) is 1. The van der Waals surface area contributed by atoms with Crippen LogP contribution in [0.25, 0.3) is 0 Å². The van der Waals surface area contributed by atoms with Gasteiger partial charge in [-0.25, -0.2) is 4.21 Å². The Morgan fingerprint density at radius 1 is 1.75 bits per heavy atom. The summed E-state index contributed by atoms with van der Waals surface area (Å²) in [7, 11) is 0. The van der Waals surface area contributed by atoms with Crippen LogP contribution in [0, 0.1) is 0 Å². The maximum atomic E-state index is 9.82. The quantitative estimate of drug-likeness (QED) is 0.500. The number of hydrogen-bond donors (Lipinski definition) is 1. The molecule has 0 aromatic heterocycles. The summed E-state index contributed by atoms with van der Waals surface area (Å²) in [6.07, 6.45) is 0. The number of rotatable bonds is 3. The van der Waals surface area contributed by atoms with Crippen LogP contribution < -0.4 is 5.73 Å². The first-order chi connectivity index (χ1) is 5.41. The van der Waals surface area contributed by atoms with Gasteiger partial charge in [0.1, 0.15) is 0 Å². The van der Waals surface area contributed by atoms with Gasteiger partial charge in [0.05, 0.1) is 18.0 Å². The second-order valence-corrected chi connectivity index (χ2v) is 2.40. The van der Waals surface area contributed by atoms with Gasteiger partial charge < -0.3 is 14.5 Å². The highest BCUT2D eigenvalue weighted by molar-refractivity contribution is 7.74. The molecule has 1 amide bonds. The van der Waals surface area contributed by atoms with Gasteiger partial charge in [0.25, 0.3) is 0 Å². The lowest BCUT2D eigenvalue weighted by atomic mass is 10.3. The van der Waals surface area contributed by atoms with Gasteiger partial charge in [0, 0.05) is 5.57 Å². The standard InChI is InChI=1S/C4H7NO.C2H6O3S/c1-3(2)4(5)6;1-2-5-6(3)4/h1H2,2H3,(H2,5,6);2H2,1H3,(H,3,4)/p-1. The van der Waals surface area contributed by atoms with Gasteiger partial charge in [-0.1, -0.05) is 6.58 Å². The van der Waals surface area contributed by atoms with Crippen molar-refractivity contribution in [1.29, 1.82) is 0 Å². The van der Waals surface area contributed by atoms with Crippen molar-refractivity contribution in [3.05, 3.63) is 12.2 Å². The summed E-state index contributed by atoms with van der Waals surface area (Å²) >= 11 is -2.32. The SMILES string of the molecule is C=C(C)C(N)=O.CCOS(=O)[O-].